The molecule has 1 aliphatic heterocycles. The maximum atomic E-state index is 2.59. The highest BCUT2D eigenvalue weighted by Crippen LogP contribution is 2.34. The molecule has 1 saturated heterocycles. The number of hydrogen-bond donors (Lipinski definition) is 0. The molecule has 56 valence electrons. The molecule has 2 aliphatic rings. The lowest BCUT2D eigenvalue weighted by Crippen LogP contribution is -2.39. The number of nitrogens with zero attached hydrogens (tertiary/aromatic N) is 1. The molecule has 0 bridgehead atoms. The first kappa shape index (κ1) is 6.41. The van der Waals surface area contributed by atoms with E-state index in [0.717, 1.165) is 18.0 Å². The number of fused-ring (bicyclic) bond motifs is 1. The SMILES string of the molecule is CC(C)N1CC[C@@H]2C=C[C@@H]21. The summed E-state index contributed by atoms with van der Waals surface area (Å²) < 4.78 is 0. The van der Waals surface area contributed by atoms with Gasteiger partial charge in [-0.3, -0.25) is 4.90 Å². The molecule has 0 aromatic rings. The summed E-state index contributed by atoms with van der Waals surface area (Å²) in [5, 5.41) is 0. The largest absolute Gasteiger partial charge is 0.294 e. The molecular formula is C9H15N. The standard InChI is InChI=1S/C9H15N/c1-7(2)10-6-5-8-3-4-9(8)10/h3-4,7-9H,5-6H2,1-2H3/t8-,9-/m0/s1. The molecule has 10 heavy (non-hydrogen) atoms. The second kappa shape index (κ2) is 2.09. The quantitative estimate of drug-likeness (QED) is 0.497. The summed E-state index contributed by atoms with van der Waals surface area (Å²) in [4.78, 5) is 2.59. The van der Waals surface area contributed by atoms with Crippen LogP contribution in [0.25, 0.3) is 0 Å². The minimum Gasteiger partial charge on any atom is -0.294 e. The van der Waals surface area contributed by atoms with Gasteiger partial charge in [0.1, 0.15) is 0 Å². The molecule has 0 saturated carbocycles. The Balaban J connectivity index is 2.06. The van der Waals surface area contributed by atoms with Crippen LogP contribution in [0.5, 0.6) is 0 Å². The predicted molar refractivity (Wildman–Crippen MR) is 42.9 cm³/mol. The van der Waals surface area contributed by atoms with E-state index < -0.39 is 0 Å². The molecular weight excluding hydrogens is 122 g/mol. The van der Waals surface area contributed by atoms with Crippen LogP contribution in [0.4, 0.5) is 0 Å². The molecule has 1 aliphatic carbocycles. The zero-order valence-corrected chi connectivity index (χ0v) is 6.75. The summed E-state index contributed by atoms with van der Waals surface area (Å²) in [6.45, 7) is 5.88. The lowest BCUT2D eigenvalue weighted by atomic mass is 9.90. The van der Waals surface area contributed by atoms with Gasteiger partial charge < -0.3 is 0 Å². The van der Waals surface area contributed by atoms with Gasteiger partial charge >= 0.3 is 0 Å². The lowest BCUT2D eigenvalue weighted by molar-refractivity contribution is 0.213. The Bertz CT molecular complexity index is 160. The van der Waals surface area contributed by atoms with E-state index >= 15 is 0 Å². The maximum absolute atomic E-state index is 2.59. The first-order chi connectivity index (χ1) is 4.79. The van der Waals surface area contributed by atoms with Crippen LogP contribution in [0, 0.1) is 5.92 Å². The lowest BCUT2D eigenvalue weighted by Gasteiger charge is -2.32. The minimum absolute atomic E-state index is 0.736. The summed E-state index contributed by atoms with van der Waals surface area (Å²) in [5.41, 5.74) is 0. The molecule has 0 unspecified atom stereocenters. The van der Waals surface area contributed by atoms with Crippen molar-refractivity contribution >= 4 is 0 Å². The van der Waals surface area contributed by atoms with Crippen LogP contribution in [0.15, 0.2) is 12.2 Å². The van der Waals surface area contributed by atoms with E-state index in [-0.39, 0.29) is 0 Å². The van der Waals surface area contributed by atoms with Crippen molar-refractivity contribution < 1.29 is 0 Å². The van der Waals surface area contributed by atoms with Gasteiger partial charge in [0.25, 0.3) is 0 Å². The van der Waals surface area contributed by atoms with Gasteiger partial charge in [0.2, 0.25) is 0 Å². The molecule has 0 radical (unpaired) electrons. The average Bonchev–Trinajstić information content (AvgIpc) is 2.07. The topological polar surface area (TPSA) is 3.24 Å². The molecule has 0 aromatic carbocycles. The van der Waals surface area contributed by atoms with Crippen LogP contribution in [0.1, 0.15) is 20.3 Å². The van der Waals surface area contributed by atoms with Gasteiger partial charge in [0.05, 0.1) is 0 Å². The van der Waals surface area contributed by atoms with Crippen LogP contribution >= 0.6 is 0 Å². The second-order valence-corrected chi connectivity index (χ2v) is 3.66. The Kier molecular flexibility index (Phi) is 1.34. The number of likely N-dealkylation sites (tertiary alicyclic amines) is 1. The van der Waals surface area contributed by atoms with Crippen molar-refractivity contribution in [1.29, 1.82) is 0 Å². The van der Waals surface area contributed by atoms with Crippen molar-refractivity contribution in [2.75, 3.05) is 6.54 Å². The van der Waals surface area contributed by atoms with Gasteiger partial charge in [0, 0.05) is 12.1 Å². The van der Waals surface area contributed by atoms with Crippen LogP contribution in [0.2, 0.25) is 0 Å². The molecule has 1 heterocycles. The normalized spacial score (nSPS) is 38.3. The van der Waals surface area contributed by atoms with E-state index in [0.29, 0.717) is 0 Å². The van der Waals surface area contributed by atoms with E-state index in [1.165, 1.54) is 13.0 Å². The third-order valence-corrected chi connectivity index (χ3v) is 2.76. The predicted octanol–water partition coefficient (Wildman–Crippen LogP) is 1.66. The molecule has 0 amide bonds. The fourth-order valence-corrected chi connectivity index (χ4v) is 2.04. The third kappa shape index (κ3) is 0.734. The van der Waals surface area contributed by atoms with Crippen molar-refractivity contribution in [3.63, 3.8) is 0 Å². The van der Waals surface area contributed by atoms with Crippen LogP contribution in [-0.4, -0.2) is 23.5 Å². The van der Waals surface area contributed by atoms with Crippen molar-refractivity contribution in [3.05, 3.63) is 12.2 Å². The van der Waals surface area contributed by atoms with Crippen LogP contribution in [0.3, 0.4) is 0 Å². The van der Waals surface area contributed by atoms with Crippen molar-refractivity contribution in [1.82, 2.24) is 4.90 Å². The Morgan fingerprint density at radius 2 is 2.20 bits per heavy atom. The zero-order valence-electron chi connectivity index (χ0n) is 6.75. The Hall–Kier alpha value is -0.300. The molecule has 0 N–H and O–H groups in total. The van der Waals surface area contributed by atoms with Crippen molar-refractivity contribution in [2.45, 2.75) is 32.4 Å². The molecule has 0 aromatic heterocycles. The van der Waals surface area contributed by atoms with E-state index in [1.807, 2.05) is 0 Å². The van der Waals surface area contributed by atoms with Gasteiger partial charge in [0.15, 0.2) is 0 Å². The first-order valence-electron chi connectivity index (χ1n) is 4.23. The second-order valence-electron chi connectivity index (χ2n) is 3.66. The minimum atomic E-state index is 0.736. The fraction of sp³-hybridized carbons (Fsp3) is 0.778. The molecule has 2 atom stereocenters. The van der Waals surface area contributed by atoms with Gasteiger partial charge in [-0.05, 0) is 32.7 Å². The van der Waals surface area contributed by atoms with E-state index in [4.69, 9.17) is 0 Å². The highest BCUT2D eigenvalue weighted by atomic mass is 15.2. The molecule has 1 fully saturated rings. The van der Waals surface area contributed by atoms with Crippen molar-refractivity contribution in [3.8, 4) is 0 Å². The summed E-state index contributed by atoms with van der Waals surface area (Å²) in [5.74, 6) is 0.905. The molecule has 1 nitrogen and oxygen atoms in total. The Morgan fingerprint density at radius 3 is 2.50 bits per heavy atom. The van der Waals surface area contributed by atoms with E-state index in [1.54, 1.807) is 0 Å². The third-order valence-electron chi connectivity index (χ3n) is 2.76. The van der Waals surface area contributed by atoms with E-state index in [2.05, 4.69) is 30.9 Å². The van der Waals surface area contributed by atoms with Crippen molar-refractivity contribution in [2.24, 2.45) is 5.92 Å². The number of rotatable bonds is 1. The average molecular weight is 137 g/mol. The highest BCUT2D eigenvalue weighted by Gasteiger charge is 2.36. The summed E-state index contributed by atoms with van der Waals surface area (Å²) >= 11 is 0. The first-order valence-corrected chi connectivity index (χ1v) is 4.23. The summed E-state index contributed by atoms with van der Waals surface area (Å²) in [6, 6.07) is 1.54. The number of hydrogen-bond acceptors (Lipinski definition) is 1. The fourth-order valence-electron chi connectivity index (χ4n) is 2.04. The maximum Gasteiger partial charge on any atom is 0.0344 e. The van der Waals surface area contributed by atoms with Crippen LogP contribution < -0.4 is 0 Å². The smallest absolute Gasteiger partial charge is 0.0344 e. The highest BCUT2D eigenvalue weighted by molar-refractivity contribution is 5.18. The van der Waals surface area contributed by atoms with Crippen LogP contribution in [-0.2, 0) is 0 Å². The molecule has 1 heteroatoms. The Labute approximate surface area is 62.7 Å². The Morgan fingerprint density at radius 1 is 1.40 bits per heavy atom. The molecule has 2 rings (SSSR count). The van der Waals surface area contributed by atoms with Gasteiger partial charge in [-0.25, -0.2) is 0 Å². The molecule has 0 spiro atoms. The zero-order chi connectivity index (χ0) is 7.14. The van der Waals surface area contributed by atoms with E-state index in [9.17, 15) is 0 Å². The summed E-state index contributed by atoms with van der Waals surface area (Å²) in [6.07, 6.45) is 6.09. The summed E-state index contributed by atoms with van der Waals surface area (Å²) in [7, 11) is 0. The van der Waals surface area contributed by atoms with Gasteiger partial charge in [-0.15, -0.1) is 0 Å². The van der Waals surface area contributed by atoms with Gasteiger partial charge in [-0.1, -0.05) is 12.2 Å². The van der Waals surface area contributed by atoms with Gasteiger partial charge in [-0.2, -0.15) is 0 Å². The monoisotopic (exact) mass is 137 g/mol.